The van der Waals surface area contributed by atoms with E-state index in [1.807, 2.05) is 4.90 Å². The molecule has 1 saturated carbocycles. The zero-order valence-corrected chi connectivity index (χ0v) is 17.0. The summed E-state index contributed by atoms with van der Waals surface area (Å²) >= 11 is 0. The summed E-state index contributed by atoms with van der Waals surface area (Å²) in [5.41, 5.74) is 0.470. The van der Waals surface area contributed by atoms with Crippen molar-refractivity contribution in [2.24, 2.45) is 0 Å². The maximum absolute atomic E-state index is 12.8. The van der Waals surface area contributed by atoms with Crippen molar-refractivity contribution in [1.82, 2.24) is 10.2 Å². The Labute approximate surface area is 171 Å². The lowest BCUT2D eigenvalue weighted by Gasteiger charge is -2.31. The Kier molecular flexibility index (Phi) is 6.23. The standard InChI is InChI=1S/C22H30N2O5/c1-27-20-14-15(6-7-19(20)29-17-4-2-3-5-17)21(25)23-18-8-11-24(22(18)26)16-9-12-28-13-10-16/h6-7,14,16-18H,2-5,8-13H2,1H3,(H,23,25). The number of nitrogens with zero attached hydrogens (tertiary/aromatic N) is 1. The quantitative estimate of drug-likeness (QED) is 0.791. The van der Waals surface area contributed by atoms with E-state index in [2.05, 4.69) is 5.32 Å². The summed E-state index contributed by atoms with van der Waals surface area (Å²) in [6.45, 7) is 2.08. The average molecular weight is 402 g/mol. The van der Waals surface area contributed by atoms with Gasteiger partial charge in [0.2, 0.25) is 5.91 Å². The number of rotatable bonds is 6. The van der Waals surface area contributed by atoms with Gasteiger partial charge in [0.1, 0.15) is 6.04 Å². The molecule has 4 rings (SSSR count). The number of hydrogen-bond donors (Lipinski definition) is 1. The molecule has 1 aromatic carbocycles. The molecule has 1 aliphatic carbocycles. The zero-order valence-electron chi connectivity index (χ0n) is 17.0. The minimum absolute atomic E-state index is 0.0124. The first-order valence-corrected chi connectivity index (χ1v) is 10.7. The summed E-state index contributed by atoms with van der Waals surface area (Å²) in [6.07, 6.45) is 7.08. The largest absolute Gasteiger partial charge is 0.493 e. The van der Waals surface area contributed by atoms with Gasteiger partial charge in [-0.25, -0.2) is 0 Å². The second kappa shape index (κ2) is 9.03. The molecule has 0 radical (unpaired) electrons. The van der Waals surface area contributed by atoms with Gasteiger partial charge >= 0.3 is 0 Å². The summed E-state index contributed by atoms with van der Waals surface area (Å²) in [5.74, 6) is 0.964. The van der Waals surface area contributed by atoms with Gasteiger partial charge in [0.05, 0.1) is 13.2 Å². The van der Waals surface area contributed by atoms with E-state index in [0.29, 0.717) is 43.2 Å². The molecular weight excluding hydrogens is 372 g/mol. The third-order valence-electron chi connectivity index (χ3n) is 6.20. The number of carbonyl (C=O) groups excluding carboxylic acids is 2. The van der Waals surface area contributed by atoms with Gasteiger partial charge in [0.25, 0.3) is 5.91 Å². The van der Waals surface area contributed by atoms with Gasteiger partial charge in [-0.3, -0.25) is 9.59 Å². The van der Waals surface area contributed by atoms with Gasteiger partial charge in [0.15, 0.2) is 11.5 Å². The van der Waals surface area contributed by atoms with Gasteiger partial charge in [-0.1, -0.05) is 0 Å². The smallest absolute Gasteiger partial charge is 0.252 e. The zero-order chi connectivity index (χ0) is 20.2. The average Bonchev–Trinajstić information content (AvgIpc) is 3.39. The Balaban J connectivity index is 1.38. The van der Waals surface area contributed by atoms with E-state index in [1.165, 1.54) is 12.8 Å². The van der Waals surface area contributed by atoms with Crippen molar-refractivity contribution in [1.29, 1.82) is 0 Å². The molecule has 7 heteroatoms. The number of amides is 2. The van der Waals surface area contributed by atoms with Gasteiger partial charge in [-0.15, -0.1) is 0 Å². The number of benzene rings is 1. The molecule has 7 nitrogen and oxygen atoms in total. The molecular formula is C22H30N2O5. The highest BCUT2D eigenvalue weighted by Crippen LogP contribution is 2.32. The predicted molar refractivity (Wildman–Crippen MR) is 107 cm³/mol. The van der Waals surface area contributed by atoms with Crippen LogP contribution in [0.1, 0.15) is 55.3 Å². The van der Waals surface area contributed by atoms with Crippen molar-refractivity contribution in [3.05, 3.63) is 23.8 Å². The molecule has 2 amide bonds. The number of nitrogens with one attached hydrogen (secondary N) is 1. The van der Waals surface area contributed by atoms with Crippen molar-refractivity contribution >= 4 is 11.8 Å². The second-order valence-electron chi connectivity index (χ2n) is 8.08. The fourth-order valence-electron chi connectivity index (χ4n) is 4.53. The van der Waals surface area contributed by atoms with E-state index in [9.17, 15) is 9.59 Å². The van der Waals surface area contributed by atoms with Crippen molar-refractivity contribution in [2.45, 2.75) is 63.1 Å². The molecule has 1 atom stereocenters. The van der Waals surface area contributed by atoms with Gasteiger partial charge in [-0.2, -0.15) is 0 Å². The number of likely N-dealkylation sites (tertiary alicyclic amines) is 1. The van der Waals surface area contributed by atoms with Crippen LogP contribution < -0.4 is 14.8 Å². The molecule has 158 valence electrons. The summed E-state index contributed by atoms with van der Waals surface area (Å²) in [6, 6.07) is 4.97. The maximum atomic E-state index is 12.8. The molecule has 2 saturated heterocycles. The van der Waals surface area contributed by atoms with E-state index in [0.717, 1.165) is 25.7 Å². The summed E-state index contributed by atoms with van der Waals surface area (Å²) in [5, 5.41) is 2.90. The highest BCUT2D eigenvalue weighted by Gasteiger charge is 2.37. The first-order chi connectivity index (χ1) is 14.2. The lowest BCUT2D eigenvalue weighted by molar-refractivity contribution is -0.132. The molecule has 0 bridgehead atoms. The van der Waals surface area contributed by atoms with Crippen molar-refractivity contribution < 1.29 is 23.8 Å². The van der Waals surface area contributed by atoms with Crippen LogP contribution in [0.3, 0.4) is 0 Å². The van der Waals surface area contributed by atoms with Crippen LogP contribution in [0.15, 0.2) is 18.2 Å². The van der Waals surface area contributed by atoms with Crippen molar-refractivity contribution in [3.63, 3.8) is 0 Å². The summed E-state index contributed by atoms with van der Waals surface area (Å²) < 4.78 is 16.9. The summed E-state index contributed by atoms with van der Waals surface area (Å²) in [4.78, 5) is 27.4. The molecule has 0 aromatic heterocycles. The fourth-order valence-corrected chi connectivity index (χ4v) is 4.53. The van der Waals surface area contributed by atoms with Crippen LogP contribution in [-0.2, 0) is 9.53 Å². The maximum Gasteiger partial charge on any atom is 0.252 e. The van der Waals surface area contributed by atoms with E-state index >= 15 is 0 Å². The van der Waals surface area contributed by atoms with Crippen LogP contribution in [0, 0.1) is 0 Å². The van der Waals surface area contributed by atoms with Crippen molar-refractivity contribution in [3.8, 4) is 11.5 Å². The Morgan fingerprint density at radius 1 is 1.10 bits per heavy atom. The van der Waals surface area contributed by atoms with Crippen LogP contribution in [0.25, 0.3) is 0 Å². The molecule has 3 fully saturated rings. The lowest BCUT2D eigenvalue weighted by Crippen LogP contribution is -2.46. The van der Waals surface area contributed by atoms with Crippen LogP contribution in [0.2, 0.25) is 0 Å². The van der Waals surface area contributed by atoms with E-state index in [1.54, 1.807) is 25.3 Å². The Morgan fingerprint density at radius 3 is 2.59 bits per heavy atom. The van der Waals surface area contributed by atoms with Crippen LogP contribution >= 0.6 is 0 Å². The van der Waals surface area contributed by atoms with Crippen molar-refractivity contribution in [2.75, 3.05) is 26.9 Å². The minimum Gasteiger partial charge on any atom is -0.493 e. The Morgan fingerprint density at radius 2 is 1.86 bits per heavy atom. The van der Waals surface area contributed by atoms with Gasteiger partial charge in [-0.05, 0) is 63.1 Å². The van der Waals surface area contributed by atoms with Crippen LogP contribution in [-0.4, -0.2) is 61.8 Å². The summed E-state index contributed by atoms with van der Waals surface area (Å²) in [7, 11) is 1.57. The lowest BCUT2D eigenvalue weighted by atomic mass is 10.1. The third-order valence-corrected chi connectivity index (χ3v) is 6.20. The number of carbonyl (C=O) groups is 2. The number of ether oxygens (including phenoxy) is 3. The number of hydrogen-bond acceptors (Lipinski definition) is 5. The minimum atomic E-state index is -0.467. The number of methoxy groups -OCH3 is 1. The van der Waals surface area contributed by atoms with Crippen LogP contribution in [0.5, 0.6) is 11.5 Å². The third kappa shape index (κ3) is 4.50. The monoisotopic (exact) mass is 402 g/mol. The first kappa shape index (κ1) is 20.0. The molecule has 1 aromatic rings. The fraction of sp³-hybridized carbons (Fsp3) is 0.636. The molecule has 1 N–H and O–H groups in total. The predicted octanol–water partition coefficient (Wildman–Crippen LogP) is 2.53. The normalized spacial score (nSPS) is 23.4. The van der Waals surface area contributed by atoms with E-state index in [4.69, 9.17) is 14.2 Å². The molecule has 2 heterocycles. The second-order valence-corrected chi connectivity index (χ2v) is 8.08. The topological polar surface area (TPSA) is 77.1 Å². The highest BCUT2D eigenvalue weighted by molar-refractivity contribution is 5.98. The molecule has 2 aliphatic heterocycles. The van der Waals surface area contributed by atoms with Gasteiger partial charge in [0, 0.05) is 31.4 Å². The molecule has 3 aliphatic rings. The first-order valence-electron chi connectivity index (χ1n) is 10.7. The van der Waals surface area contributed by atoms with E-state index < -0.39 is 6.04 Å². The highest BCUT2D eigenvalue weighted by atomic mass is 16.5. The molecule has 29 heavy (non-hydrogen) atoms. The van der Waals surface area contributed by atoms with Gasteiger partial charge < -0.3 is 24.4 Å². The van der Waals surface area contributed by atoms with E-state index in [-0.39, 0.29) is 24.0 Å². The Hall–Kier alpha value is -2.28. The van der Waals surface area contributed by atoms with Crippen LogP contribution in [0.4, 0.5) is 0 Å². The molecule has 0 spiro atoms. The Bertz CT molecular complexity index is 741. The SMILES string of the molecule is COc1cc(C(=O)NC2CCN(C3CCOCC3)C2=O)ccc1OC1CCCC1. The molecule has 1 unspecified atom stereocenters.